The number of benzene rings is 1. The van der Waals surface area contributed by atoms with Crippen LogP contribution < -0.4 is 10.5 Å². The number of ether oxygens (including phenoxy) is 2. The van der Waals surface area contributed by atoms with Crippen LogP contribution in [0, 0.1) is 0 Å². The first-order chi connectivity index (χ1) is 7.27. The van der Waals surface area contributed by atoms with Gasteiger partial charge in [-0.25, -0.2) is 0 Å². The third-order valence-electron chi connectivity index (χ3n) is 2.25. The molecule has 1 rings (SSSR count). The van der Waals surface area contributed by atoms with Crippen molar-refractivity contribution < 1.29 is 9.47 Å². The molecular formula is C12H19NO2. The van der Waals surface area contributed by atoms with Gasteiger partial charge in [-0.1, -0.05) is 12.1 Å². The van der Waals surface area contributed by atoms with Crippen LogP contribution in [0.4, 0.5) is 0 Å². The number of rotatable bonds is 6. The van der Waals surface area contributed by atoms with E-state index >= 15 is 0 Å². The van der Waals surface area contributed by atoms with Crippen LogP contribution >= 0.6 is 0 Å². The largest absolute Gasteiger partial charge is 0.494 e. The van der Waals surface area contributed by atoms with Crippen molar-refractivity contribution in [1.82, 2.24) is 0 Å². The SMILES string of the molecule is CCOc1ccc(C(N)CCOC)cc1. The predicted molar refractivity (Wildman–Crippen MR) is 61.0 cm³/mol. The summed E-state index contributed by atoms with van der Waals surface area (Å²) >= 11 is 0. The highest BCUT2D eigenvalue weighted by molar-refractivity contribution is 5.28. The summed E-state index contributed by atoms with van der Waals surface area (Å²) in [6.07, 6.45) is 0.838. The molecule has 84 valence electrons. The van der Waals surface area contributed by atoms with Gasteiger partial charge in [-0.2, -0.15) is 0 Å². The van der Waals surface area contributed by atoms with Gasteiger partial charge in [-0.3, -0.25) is 0 Å². The van der Waals surface area contributed by atoms with E-state index in [1.54, 1.807) is 7.11 Å². The van der Waals surface area contributed by atoms with E-state index < -0.39 is 0 Å². The Morgan fingerprint density at radius 2 is 1.93 bits per heavy atom. The number of hydrogen-bond donors (Lipinski definition) is 1. The van der Waals surface area contributed by atoms with Crippen molar-refractivity contribution in [3.05, 3.63) is 29.8 Å². The van der Waals surface area contributed by atoms with Crippen LogP contribution in [0.1, 0.15) is 24.9 Å². The molecule has 0 aliphatic rings. The Kier molecular flexibility index (Phi) is 5.15. The van der Waals surface area contributed by atoms with Gasteiger partial charge in [0.1, 0.15) is 5.75 Å². The quantitative estimate of drug-likeness (QED) is 0.780. The van der Waals surface area contributed by atoms with Crippen LogP contribution in [0.25, 0.3) is 0 Å². The first-order valence-electron chi connectivity index (χ1n) is 5.25. The number of hydrogen-bond acceptors (Lipinski definition) is 3. The Labute approximate surface area is 91.2 Å². The summed E-state index contributed by atoms with van der Waals surface area (Å²) in [6.45, 7) is 3.35. The molecular weight excluding hydrogens is 190 g/mol. The van der Waals surface area contributed by atoms with E-state index in [2.05, 4.69) is 0 Å². The van der Waals surface area contributed by atoms with E-state index in [1.807, 2.05) is 31.2 Å². The first-order valence-corrected chi connectivity index (χ1v) is 5.25. The summed E-state index contributed by atoms with van der Waals surface area (Å²) in [4.78, 5) is 0. The molecule has 0 fully saturated rings. The van der Waals surface area contributed by atoms with Gasteiger partial charge in [-0.05, 0) is 31.0 Å². The fourth-order valence-corrected chi connectivity index (χ4v) is 1.39. The molecule has 0 aliphatic carbocycles. The van der Waals surface area contributed by atoms with Crippen LogP contribution in [-0.2, 0) is 4.74 Å². The van der Waals surface area contributed by atoms with Gasteiger partial charge in [0, 0.05) is 19.8 Å². The molecule has 1 atom stereocenters. The molecule has 1 unspecified atom stereocenters. The summed E-state index contributed by atoms with van der Waals surface area (Å²) in [6, 6.07) is 7.95. The van der Waals surface area contributed by atoms with E-state index in [1.165, 1.54) is 0 Å². The second kappa shape index (κ2) is 6.43. The lowest BCUT2D eigenvalue weighted by molar-refractivity contribution is 0.188. The van der Waals surface area contributed by atoms with Gasteiger partial charge in [0.05, 0.1) is 6.61 Å². The molecule has 0 spiro atoms. The maximum Gasteiger partial charge on any atom is 0.119 e. The Hall–Kier alpha value is -1.06. The van der Waals surface area contributed by atoms with E-state index in [4.69, 9.17) is 15.2 Å². The van der Waals surface area contributed by atoms with Crippen molar-refractivity contribution >= 4 is 0 Å². The molecule has 2 N–H and O–H groups in total. The lowest BCUT2D eigenvalue weighted by Gasteiger charge is -2.12. The zero-order valence-corrected chi connectivity index (χ0v) is 9.40. The van der Waals surface area contributed by atoms with Crippen LogP contribution in [0.3, 0.4) is 0 Å². The average Bonchev–Trinajstić information content (AvgIpc) is 2.27. The van der Waals surface area contributed by atoms with Crippen molar-refractivity contribution in [2.75, 3.05) is 20.3 Å². The van der Waals surface area contributed by atoms with Gasteiger partial charge in [0.15, 0.2) is 0 Å². The van der Waals surface area contributed by atoms with Crippen molar-refractivity contribution in [3.63, 3.8) is 0 Å². The maximum atomic E-state index is 5.98. The van der Waals surface area contributed by atoms with Gasteiger partial charge < -0.3 is 15.2 Å². The van der Waals surface area contributed by atoms with Crippen LogP contribution in [-0.4, -0.2) is 20.3 Å². The summed E-state index contributed by atoms with van der Waals surface area (Å²) in [5, 5.41) is 0. The minimum Gasteiger partial charge on any atom is -0.494 e. The molecule has 1 aromatic carbocycles. The molecule has 3 nitrogen and oxygen atoms in total. The molecule has 1 aromatic rings. The molecule has 0 heterocycles. The predicted octanol–water partition coefficient (Wildman–Crippen LogP) is 2.12. The zero-order valence-electron chi connectivity index (χ0n) is 9.40. The average molecular weight is 209 g/mol. The summed E-state index contributed by atoms with van der Waals surface area (Å²) in [5.41, 5.74) is 7.11. The molecule has 0 radical (unpaired) electrons. The van der Waals surface area contributed by atoms with Gasteiger partial charge in [-0.15, -0.1) is 0 Å². The van der Waals surface area contributed by atoms with E-state index in [0.717, 1.165) is 17.7 Å². The van der Waals surface area contributed by atoms with Gasteiger partial charge in [0.2, 0.25) is 0 Å². The molecule has 0 amide bonds. The van der Waals surface area contributed by atoms with Crippen molar-refractivity contribution in [1.29, 1.82) is 0 Å². The van der Waals surface area contributed by atoms with Crippen LogP contribution in [0.5, 0.6) is 5.75 Å². The van der Waals surface area contributed by atoms with Crippen molar-refractivity contribution in [2.24, 2.45) is 5.73 Å². The van der Waals surface area contributed by atoms with E-state index in [9.17, 15) is 0 Å². The molecule has 0 aromatic heterocycles. The highest BCUT2D eigenvalue weighted by Gasteiger charge is 2.05. The van der Waals surface area contributed by atoms with Crippen molar-refractivity contribution in [2.45, 2.75) is 19.4 Å². The normalized spacial score (nSPS) is 12.5. The topological polar surface area (TPSA) is 44.5 Å². The molecule has 3 heteroatoms. The highest BCUT2D eigenvalue weighted by Crippen LogP contribution is 2.18. The minimum absolute atomic E-state index is 0.0422. The Bertz CT molecular complexity index is 271. The fourth-order valence-electron chi connectivity index (χ4n) is 1.39. The summed E-state index contributed by atoms with van der Waals surface area (Å²) < 4.78 is 10.3. The molecule has 0 saturated carbocycles. The number of nitrogens with two attached hydrogens (primary N) is 1. The number of methoxy groups -OCH3 is 1. The second-order valence-corrected chi connectivity index (χ2v) is 3.39. The Balaban J connectivity index is 2.54. The highest BCUT2D eigenvalue weighted by atomic mass is 16.5. The van der Waals surface area contributed by atoms with Crippen molar-refractivity contribution in [3.8, 4) is 5.75 Å². The third kappa shape index (κ3) is 3.90. The smallest absolute Gasteiger partial charge is 0.119 e. The maximum absolute atomic E-state index is 5.98. The molecule has 15 heavy (non-hydrogen) atoms. The fraction of sp³-hybridized carbons (Fsp3) is 0.500. The van der Waals surface area contributed by atoms with E-state index in [0.29, 0.717) is 13.2 Å². The van der Waals surface area contributed by atoms with Crippen LogP contribution in [0.15, 0.2) is 24.3 Å². The lowest BCUT2D eigenvalue weighted by Crippen LogP contribution is -2.12. The Morgan fingerprint density at radius 3 is 2.47 bits per heavy atom. The van der Waals surface area contributed by atoms with Gasteiger partial charge in [0.25, 0.3) is 0 Å². The van der Waals surface area contributed by atoms with Gasteiger partial charge >= 0.3 is 0 Å². The molecule has 0 bridgehead atoms. The zero-order chi connectivity index (χ0) is 11.1. The second-order valence-electron chi connectivity index (χ2n) is 3.39. The lowest BCUT2D eigenvalue weighted by atomic mass is 10.1. The summed E-state index contributed by atoms with van der Waals surface area (Å²) in [5.74, 6) is 0.889. The minimum atomic E-state index is 0.0422. The molecule has 0 aliphatic heterocycles. The Morgan fingerprint density at radius 1 is 1.27 bits per heavy atom. The van der Waals surface area contributed by atoms with Crippen LogP contribution in [0.2, 0.25) is 0 Å². The standard InChI is InChI=1S/C12H19NO2/c1-3-15-11-6-4-10(5-7-11)12(13)8-9-14-2/h4-7,12H,3,8-9,13H2,1-2H3. The molecule has 0 saturated heterocycles. The summed E-state index contributed by atoms with van der Waals surface area (Å²) in [7, 11) is 1.69. The van der Waals surface area contributed by atoms with E-state index in [-0.39, 0.29) is 6.04 Å². The first kappa shape index (κ1) is 12.0. The monoisotopic (exact) mass is 209 g/mol. The third-order valence-corrected chi connectivity index (χ3v) is 2.25.